The maximum atomic E-state index is 12.0. The fraction of sp³-hybridized carbons (Fsp3) is 0.125. The van der Waals surface area contributed by atoms with E-state index >= 15 is 0 Å². The van der Waals surface area contributed by atoms with E-state index in [9.17, 15) is 9.59 Å². The number of hydrogen-bond donors (Lipinski definition) is 2. The Balaban J connectivity index is 2.00. The second-order valence-corrected chi connectivity index (χ2v) is 6.37. The third kappa shape index (κ3) is 4.56. The van der Waals surface area contributed by atoms with Gasteiger partial charge in [0, 0.05) is 9.92 Å². The van der Waals surface area contributed by atoms with Crippen LogP contribution in [-0.4, -0.2) is 24.7 Å². The Morgan fingerprint density at radius 3 is 2.67 bits per heavy atom. The summed E-state index contributed by atoms with van der Waals surface area (Å²) in [5.74, 6) is -1.23. The van der Waals surface area contributed by atoms with Gasteiger partial charge in [-0.1, -0.05) is 35.3 Å². The molecule has 5 nitrogen and oxygen atoms in total. The topological polar surface area (TPSA) is 81.4 Å². The summed E-state index contributed by atoms with van der Waals surface area (Å²) in [6.07, 6.45) is 1.90. The van der Waals surface area contributed by atoms with Crippen LogP contribution in [0.25, 0.3) is 0 Å². The highest BCUT2D eigenvalue weighted by Crippen LogP contribution is 2.28. The van der Waals surface area contributed by atoms with Crippen molar-refractivity contribution in [1.29, 1.82) is 0 Å². The lowest BCUT2D eigenvalue weighted by Crippen LogP contribution is -2.21. The number of ether oxygens (including phenoxy) is 1. The highest BCUT2D eigenvalue weighted by atomic mass is 35.5. The Hall–Kier alpha value is -1.89. The van der Waals surface area contributed by atoms with Gasteiger partial charge in [-0.15, -0.1) is 11.8 Å². The number of esters is 1. The normalized spacial score (nSPS) is 10.3. The number of halogens is 2. The fourth-order valence-electron chi connectivity index (χ4n) is 1.90. The number of rotatable bonds is 5. The van der Waals surface area contributed by atoms with Gasteiger partial charge in [0.1, 0.15) is 0 Å². The van der Waals surface area contributed by atoms with Crippen LogP contribution in [0.5, 0.6) is 0 Å². The molecule has 2 rings (SSSR count). The van der Waals surface area contributed by atoms with Crippen molar-refractivity contribution in [2.24, 2.45) is 0 Å². The molecular formula is C16H14Cl2N2O3S. The maximum Gasteiger partial charge on any atom is 0.340 e. The van der Waals surface area contributed by atoms with Crippen molar-refractivity contribution in [2.45, 2.75) is 4.90 Å². The van der Waals surface area contributed by atoms with Crippen molar-refractivity contribution in [3.8, 4) is 0 Å². The molecule has 0 heterocycles. The number of para-hydroxylation sites is 1. The van der Waals surface area contributed by atoms with Gasteiger partial charge in [0.05, 0.1) is 22.0 Å². The van der Waals surface area contributed by atoms with Gasteiger partial charge in [0.25, 0.3) is 5.91 Å². The molecule has 0 unspecified atom stereocenters. The fourth-order valence-corrected chi connectivity index (χ4v) is 2.94. The number of carbonyl (C=O) groups is 2. The van der Waals surface area contributed by atoms with Gasteiger partial charge in [-0.3, -0.25) is 4.79 Å². The standard InChI is InChI=1S/C16H14Cl2N2O3S/c1-24-13-5-3-2-4-12(13)20-14(21)8-23-16(22)10-6-9(17)7-11(18)15(10)19/h2-7H,8,19H2,1H3,(H,20,21). The first kappa shape index (κ1) is 18.4. The number of benzene rings is 2. The Bertz CT molecular complexity index is 784. The molecule has 2 aromatic carbocycles. The monoisotopic (exact) mass is 384 g/mol. The molecule has 0 saturated carbocycles. The van der Waals surface area contributed by atoms with E-state index in [0.29, 0.717) is 5.69 Å². The summed E-state index contributed by atoms with van der Waals surface area (Å²) in [5, 5.41) is 3.08. The SMILES string of the molecule is CSc1ccccc1NC(=O)COC(=O)c1cc(Cl)cc(Cl)c1N. The summed E-state index contributed by atoms with van der Waals surface area (Å²) in [4.78, 5) is 24.9. The van der Waals surface area contributed by atoms with E-state index in [2.05, 4.69) is 5.32 Å². The molecule has 0 fully saturated rings. The second kappa shape index (κ2) is 8.28. The van der Waals surface area contributed by atoms with Crippen LogP contribution in [0.1, 0.15) is 10.4 Å². The number of thioether (sulfide) groups is 1. The van der Waals surface area contributed by atoms with Crippen molar-refractivity contribution in [3.63, 3.8) is 0 Å². The summed E-state index contributed by atoms with van der Waals surface area (Å²) in [6.45, 7) is -0.453. The predicted molar refractivity (Wildman–Crippen MR) is 98.0 cm³/mol. The van der Waals surface area contributed by atoms with E-state index in [-0.39, 0.29) is 21.3 Å². The van der Waals surface area contributed by atoms with E-state index in [0.717, 1.165) is 4.90 Å². The number of anilines is 2. The summed E-state index contributed by atoms with van der Waals surface area (Å²) < 4.78 is 4.97. The van der Waals surface area contributed by atoms with Gasteiger partial charge in [-0.05, 0) is 30.5 Å². The number of nitrogen functional groups attached to an aromatic ring is 1. The first-order valence-electron chi connectivity index (χ1n) is 6.77. The molecule has 0 saturated heterocycles. The minimum Gasteiger partial charge on any atom is -0.452 e. The predicted octanol–water partition coefficient (Wildman–Crippen LogP) is 4.09. The molecule has 2 aromatic rings. The number of nitrogens with one attached hydrogen (secondary N) is 1. The van der Waals surface area contributed by atoms with Gasteiger partial charge < -0.3 is 15.8 Å². The van der Waals surface area contributed by atoms with E-state index in [1.54, 1.807) is 12.1 Å². The Morgan fingerprint density at radius 2 is 1.96 bits per heavy atom. The van der Waals surface area contributed by atoms with E-state index < -0.39 is 18.5 Å². The molecule has 3 N–H and O–H groups in total. The molecular weight excluding hydrogens is 371 g/mol. The molecule has 0 aliphatic rings. The molecule has 0 radical (unpaired) electrons. The molecule has 0 bridgehead atoms. The molecule has 0 aliphatic heterocycles. The third-order valence-electron chi connectivity index (χ3n) is 3.03. The maximum absolute atomic E-state index is 12.0. The molecule has 0 aliphatic carbocycles. The zero-order valence-electron chi connectivity index (χ0n) is 12.6. The van der Waals surface area contributed by atoms with Crippen LogP contribution < -0.4 is 11.1 Å². The molecule has 0 aromatic heterocycles. The third-order valence-corrected chi connectivity index (χ3v) is 4.36. The summed E-state index contributed by atoms with van der Waals surface area (Å²) in [5.41, 5.74) is 6.45. The van der Waals surface area contributed by atoms with Crippen molar-refractivity contribution in [2.75, 3.05) is 23.9 Å². The number of carbonyl (C=O) groups excluding carboxylic acids is 2. The van der Waals surface area contributed by atoms with Crippen LogP contribution in [0.15, 0.2) is 41.3 Å². The Kier molecular flexibility index (Phi) is 6.36. The first-order chi connectivity index (χ1) is 11.4. The molecule has 126 valence electrons. The zero-order chi connectivity index (χ0) is 17.7. The zero-order valence-corrected chi connectivity index (χ0v) is 15.0. The lowest BCUT2D eigenvalue weighted by molar-refractivity contribution is -0.119. The van der Waals surface area contributed by atoms with E-state index in [4.69, 9.17) is 33.7 Å². The van der Waals surface area contributed by atoms with Gasteiger partial charge in [-0.2, -0.15) is 0 Å². The highest BCUT2D eigenvalue weighted by Gasteiger charge is 2.17. The highest BCUT2D eigenvalue weighted by molar-refractivity contribution is 7.98. The lowest BCUT2D eigenvalue weighted by atomic mass is 10.2. The second-order valence-electron chi connectivity index (χ2n) is 4.67. The van der Waals surface area contributed by atoms with Crippen molar-refractivity contribution < 1.29 is 14.3 Å². The molecule has 0 spiro atoms. The molecule has 0 atom stereocenters. The van der Waals surface area contributed by atoms with Crippen LogP contribution in [0, 0.1) is 0 Å². The van der Waals surface area contributed by atoms with Crippen molar-refractivity contribution in [3.05, 3.63) is 52.0 Å². The van der Waals surface area contributed by atoms with Gasteiger partial charge in [-0.25, -0.2) is 4.79 Å². The molecule has 1 amide bonds. The number of hydrogen-bond acceptors (Lipinski definition) is 5. The molecule has 24 heavy (non-hydrogen) atoms. The average Bonchev–Trinajstić information content (AvgIpc) is 2.56. The Labute approximate surface area is 153 Å². The quantitative estimate of drug-likeness (QED) is 0.460. The molecule has 8 heteroatoms. The average molecular weight is 385 g/mol. The van der Waals surface area contributed by atoms with E-state index in [1.165, 1.54) is 23.9 Å². The van der Waals surface area contributed by atoms with Crippen molar-refractivity contribution >= 4 is 58.2 Å². The largest absolute Gasteiger partial charge is 0.452 e. The number of amides is 1. The summed E-state index contributed by atoms with van der Waals surface area (Å²) in [7, 11) is 0. The van der Waals surface area contributed by atoms with Gasteiger partial charge >= 0.3 is 5.97 Å². The number of nitrogens with two attached hydrogens (primary N) is 1. The van der Waals surface area contributed by atoms with Crippen LogP contribution >= 0.6 is 35.0 Å². The summed E-state index contributed by atoms with van der Waals surface area (Å²) in [6, 6.07) is 10.1. The Morgan fingerprint density at radius 1 is 1.25 bits per heavy atom. The lowest BCUT2D eigenvalue weighted by Gasteiger charge is -2.11. The van der Waals surface area contributed by atoms with Crippen LogP contribution in [0.4, 0.5) is 11.4 Å². The minimum atomic E-state index is -0.773. The van der Waals surface area contributed by atoms with E-state index in [1.807, 2.05) is 18.4 Å². The van der Waals surface area contributed by atoms with Crippen LogP contribution in [0.3, 0.4) is 0 Å². The first-order valence-corrected chi connectivity index (χ1v) is 8.75. The minimum absolute atomic E-state index is 0.0183. The van der Waals surface area contributed by atoms with Crippen molar-refractivity contribution in [1.82, 2.24) is 0 Å². The van der Waals surface area contributed by atoms with Gasteiger partial charge in [0.15, 0.2) is 6.61 Å². The van der Waals surface area contributed by atoms with Crippen LogP contribution in [0.2, 0.25) is 10.0 Å². The smallest absolute Gasteiger partial charge is 0.340 e. The summed E-state index contributed by atoms with van der Waals surface area (Å²) >= 11 is 13.2. The van der Waals surface area contributed by atoms with Crippen LogP contribution in [-0.2, 0) is 9.53 Å². The van der Waals surface area contributed by atoms with Gasteiger partial charge in [0.2, 0.25) is 0 Å².